The first-order chi connectivity index (χ1) is 12.2. The van der Waals surface area contributed by atoms with Crippen molar-refractivity contribution in [1.82, 2.24) is 20.6 Å². The third-order valence-corrected chi connectivity index (χ3v) is 4.67. The molecule has 1 atom stereocenters. The lowest BCUT2D eigenvalue weighted by atomic mass is 10.2. The summed E-state index contributed by atoms with van der Waals surface area (Å²) in [6, 6.07) is 9.76. The van der Waals surface area contributed by atoms with Gasteiger partial charge in [0.05, 0.1) is 5.69 Å². The van der Waals surface area contributed by atoms with Crippen LogP contribution in [0.4, 0.5) is 0 Å². The number of hydrogen-bond donors (Lipinski definition) is 2. The highest BCUT2D eigenvalue weighted by Crippen LogP contribution is 2.27. The van der Waals surface area contributed by atoms with Crippen molar-refractivity contribution in [2.75, 3.05) is 6.61 Å². The van der Waals surface area contributed by atoms with Gasteiger partial charge in [0.2, 0.25) is 0 Å². The van der Waals surface area contributed by atoms with Crippen LogP contribution in [0.25, 0.3) is 5.69 Å². The molecule has 4 rings (SSSR count). The largest absolute Gasteiger partial charge is 0.368 e. The highest BCUT2D eigenvalue weighted by molar-refractivity contribution is 5.95. The van der Waals surface area contributed by atoms with E-state index in [-0.39, 0.29) is 11.8 Å². The number of ether oxygens (including phenoxy) is 1. The fourth-order valence-electron chi connectivity index (χ4n) is 3.45. The second kappa shape index (κ2) is 6.68. The monoisotopic (exact) mass is 340 g/mol. The Bertz CT molecular complexity index is 794. The maximum atomic E-state index is 12.5. The second-order valence-corrected chi connectivity index (χ2v) is 6.32. The Morgan fingerprint density at radius 1 is 1.12 bits per heavy atom. The smallest absolute Gasteiger partial charge is 0.290 e. The first-order valence-corrected chi connectivity index (χ1v) is 8.62. The van der Waals surface area contributed by atoms with Gasteiger partial charge in [-0.25, -0.2) is 4.68 Å². The molecule has 1 fully saturated rings. The van der Waals surface area contributed by atoms with E-state index in [0.717, 1.165) is 42.6 Å². The van der Waals surface area contributed by atoms with Crippen LogP contribution in [0.2, 0.25) is 0 Å². The maximum Gasteiger partial charge on any atom is 0.290 e. The summed E-state index contributed by atoms with van der Waals surface area (Å²) in [7, 11) is 0. The van der Waals surface area contributed by atoms with Crippen molar-refractivity contribution in [1.29, 1.82) is 0 Å². The van der Waals surface area contributed by atoms with Crippen LogP contribution >= 0.6 is 0 Å². The lowest BCUT2D eigenvalue weighted by Gasteiger charge is -2.11. The average molecular weight is 340 g/mol. The van der Waals surface area contributed by atoms with E-state index >= 15 is 0 Å². The number of fused-ring (bicyclic) bond motifs is 1. The van der Waals surface area contributed by atoms with Crippen molar-refractivity contribution in [3.63, 3.8) is 0 Å². The molecule has 0 spiro atoms. The minimum absolute atomic E-state index is 0.315. The molecule has 130 valence electrons. The predicted molar refractivity (Wildman–Crippen MR) is 90.2 cm³/mol. The Morgan fingerprint density at radius 2 is 1.96 bits per heavy atom. The van der Waals surface area contributed by atoms with E-state index in [1.807, 2.05) is 35.0 Å². The molecule has 2 amide bonds. The van der Waals surface area contributed by atoms with Crippen LogP contribution in [0, 0.1) is 0 Å². The van der Waals surface area contributed by atoms with E-state index in [4.69, 9.17) is 4.74 Å². The number of benzene rings is 1. The molecule has 1 aromatic heterocycles. The summed E-state index contributed by atoms with van der Waals surface area (Å²) < 4.78 is 7.14. The Kier molecular flexibility index (Phi) is 4.23. The number of amides is 2. The van der Waals surface area contributed by atoms with Crippen LogP contribution in [0.3, 0.4) is 0 Å². The summed E-state index contributed by atoms with van der Waals surface area (Å²) in [6.07, 6.45) is 3.79. The van der Waals surface area contributed by atoms with Gasteiger partial charge in [-0.3, -0.25) is 20.4 Å². The molecular weight excluding hydrogens is 320 g/mol. The first-order valence-electron chi connectivity index (χ1n) is 8.62. The number of hydrogen-bond acceptors (Lipinski definition) is 4. The second-order valence-electron chi connectivity index (χ2n) is 6.32. The molecule has 1 aliphatic carbocycles. The molecular formula is C18H20N4O3. The number of hydrazine groups is 1. The van der Waals surface area contributed by atoms with E-state index in [1.54, 1.807) is 0 Å². The summed E-state index contributed by atoms with van der Waals surface area (Å²) in [4.78, 5) is 24.5. The van der Waals surface area contributed by atoms with Gasteiger partial charge in [-0.15, -0.1) is 0 Å². The standard InChI is InChI=1S/C18H20N4O3/c23-17(15-10-5-11-25-15)19-20-18(24)16-13-8-4-9-14(13)22(21-16)12-6-2-1-3-7-12/h1-3,6-7,15H,4-5,8-11H2,(H,19,23)(H,20,24)/t15-/m0/s1. The van der Waals surface area contributed by atoms with Gasteiger partial charge in [-0.1, -0.05) is 18.2 Å². The summed E-state index contributed by atoms with van der Waals surface area (Å²) in [5.74, 6) is -0.704. The lowest BCUT2D eigenvalue weighted by Crippen LogP contribution is -2.46. The summed E-state index contributed by atoms with van der Waals surface area (Å²) in [5, 5.41) is 4.50. The fraction of sp³-hybridized carbons (Fsp3) is 0.389. The Hall–Kier alpha value is -2.67. The Balaban J connectivity index is 1.52. The fourth-order valence-corrected chi connectivity index (χ4v) is 3.45. The van der Waals surface area contributed by atoms with Crippen LogP contribution in [0.5, 0.6) is 0 Å². The molecule has 0 unspecified atom stereocenters. The van der Waals surface area contributed by atoms with Crippen LogP contribution < -0.4 is 10.9 Å². The van der Waals surface area contributed by atoms with Crippen molar-refractivity contribution in [2.45, 2.75) is 38.2 Å². The molecule has 2 heterocycles. The minimum Gasteiger partial charge on any atom is -0.368 e. The number of rotatable bonds is 3. The molecule has 1 aliphatic heterocycles. The van der Waals surface area contributed by atoms with Crippen molar-refractivity contribution in [2.24, 2.45) is 0 Å². The molecule has 1 saturated heterocycles. The van der Waals surface area contributed by atoms with Crippen molar-refractivity contribution in [3.8, 4) is 5.69 Å². The van der Waals surface area contributed by atoms with Gasteiger partial charge in [0.15, 0.2) is 5.69 Å². The highest BCUT2D eigenvalue weighted by Gasteiger charge is 2.28. The minimum atomic E-state index is -0.479. The number of aromatic nitrogens is 2. The normalized spacial score (nSPS) is 18.8. The number of carbonyl (C=O) groups is 2. The molecule has 0 saturated carbocycles. The molecule has 0 radical (unpaired) electrons. The molecule has 0 bridgehead atoms. The van der Waals surface area contributed by atoms with Crippen molar-refractivity contribution in [3.05, 3.63) is 47.3 Å². The zero-order valence-corrected chi connectivity index (χ0v) is 13.8. The van der Waals surface area contributed by atoms with Gasteiger partial charge >= 0.3 is 0 Å². The number of carbonyl (C=O) groups excluding carboxylic acids is 2. The summed E-state index contributed by atoms with van der Waals surface area (Å²) in [5.41, 5.74) is 8.27. The Labute approximate surface area is 145 Å². The molecule has 2 aliphatic rings. The zero-order valence-electron chi connectivity index (χ0n) is 13.8. The number of nitrogens with zero attached hydrogens (tertiary/aromatic N) is 2. The molecule has 1 aromatic carbocycles. The van der Waals surface area contributed by atoms with Crippen LogP contribution in [-0.4, -0.2) is 34.3 Å². The SMILES string of the molecule is O=C(NNC(=O)[C@@H]1CCCO1)c1nn(-c2ccccc2)c2c1CCC2. The zero-order chi connectivity index (χ0) is 17.2. The average Bonchev–Trinajstić information content (AvgIpc) is 3.37. The van der Waals surface area contributed by atoms with Gasteiger partial charge in [-0.05, 0) is 44.2 Å². The van der Waals surface area contributed by atoms with E-state index in [0.29, 0.717) is 18.7 Å². The lowest BCUT2D eigenvalue weighted by molar-refractivity contribution is -0.130. The van der Waals surface area contributed by atoms with Crippen molar-refractivity contribution >= 4 is 11.8 Å². The van der Waals surface area contributed by atoms with E-state index in [1.165, 1.54) is 0 Å². The van der Waals surface area contributed by atoms with Gasteiger partial charge in [0, 0.05) is 17.9 Å². The summed E-state index contributed by atoms with van der Waals surface area (Å²) in [6.45, 7) is 0.584. The molecule has 7 heteroatoms. The number of nitrogens with one attached hydrogen (secondary N) is 2. The molecule has 2 N–H and O–H groups in total. The Morgan fingerprint density at radius 3 is 2.72 bits per heavy atom. The van der Waals surface area contributed by atoms with E-state index < -0.39 is 6.10 Å². The van der Waals surface area contributed by atoms with Crippen LogP contribution in [0.15, 0.2) is 30.3 Å². The van der Waals surface area contributed by atoms with E-state index in [2.05, 4.69) is 16.0 Å². The van der Waals surface area contributed by atoms with Crippen LogP contribution in [0.1, 0.15) is 41.0 Å². The highest BCUT2D eigenvalue weighted by atomic mass is 16.5. The van der Waals surface area contributed by atoms with E-state index in [9.17, 15) is 9.59 Å². The molecule has 7 nitrogen and oxygen atoms in total. The molecule has 25 heavy (non-hydrogen) atoms. The number of para-hydroxylation sites is 1. The van der Waals surface area contributed by atoms with Gasteiger partial charge in [0.1, 0.15) is 6.10 Å². The van der Waals surface area contributed by atoms with Crippen molar-refractivity contribution < 1.29 is 14.3 Å². The van der Waals surface area contributed by atoms with Gasteiger partial charge in [0.25, 0.3) is 11.8 Å². The first kappa shape index (κ1) is 15.8. The maximum absolute atomic E-state index is 12.5. The van der Waals surface area contributed by atoms with Crippen LogP contribution in [-0.2, 0) is 22.4 Å². The molecule has 2 aromatic rings. The van der Waals surface area contributed by atoms with Gasteiger partial charge in [-0.2, -0.15) is 5.10 Å². The predicted octanol–water partition coefficient (Wildman–Crippen LogP) is 1.30. The van der Waals surface area contributed by atoms with Gasteiger partial charge < -0.3 is 4.74 Å². The third-order valence-electron chi connectivity index (χ3n) is 4.67. The summed E-state index contributed by atoms with van der Waals surface area (Å²) >= 11 is 0. The topological polar surface area (TPSA) is 85.2 Å². The third kappa shape index (κ3) is 3.02. The quantitative estimate of drug-likeness (QED) is 0.825.